The molecule has 5 heteroatoms. The molecule has 0 radical (unpaired) electrons. The van der Waals surface area contributed by atoms with Gasteiger partial charge in [-0.05, 0) is 43.9 Å². The molecule has 0 aliphatic rings. The third-order valence-corrected chi connectivity index (χ3v) is 4.27. The second-order valence-electron chi connectivity index (χ2n) is 4.99. The lowest BCUT2D eigenvalue weighted by Crippen LogP contribution is -2.23. The number of alkyl halides is 3. The highest BCUT2D eigenvalue weighted by Crippen LogP contribution is 2.31. The van der Waals surface area contributed by atoms with Crippen LogP contribution in [0.3, 0.4) is 0 Å². The van der Waals surface area contributed by atoms with Gasteiger partial charge in [0.1, 0.15) is 0 Å². The summed E-state index contributed by atoms with van der Waals surface area (Å²) in [5, 5.41) is 3.34. The maximum absolute atomic E-state index is 12.3. The molecule has 0 spiro atoms. The van der Waals surface area contributed by atoms with E-state index in [0.717, 1.165) is 28.6 Å². The van der Waals surface area contributed by atoms with E-state index in [0.29, 0.717) is 6.42 Å². The molecule has 1 aromatic carbocycles. The summed E-state index contributed by atoms with van der Waals surface area (Å²) >= 11 is 3.54. The van der Waals surface area contributed by atoms with E-state index < -0.39 is 12.6 Å². The van der Waals surface area contributed by atoms with Gasteiger partial charge in [-0.3, -0.25) is 0 Å². The summed E-state index contributed by atoms with van der Waals surface area (Å²) in [6, 6.07) is 5.87. The summed E-state index contributed by atoms with van der Waals surface area (Å²) in [6.07, 6.45) is -3.20. The molecule has 0 bridgehead atoms. The Morgan fingerprint density at radius 2 is 2.00 bits per heavy atom. The molecule has 0 aromatic heterocycles. The first-order valence-corrected chi connectivity index (χ1v) is 7.69. The second-order valence-corrected chi connectivity index (χ2v) is 5.79. The quantitative estimate of drug-likeness (QED) is 0.680. The van der Waals surface area contributed by atoms with Gasteiger partial charge in [-0.25, -0.2) is 0 Å². The zero-order chi connectivity index (χ0) is 15.2. The molecular formula is C15H21BrF3N. The van der Waals surface area contributed by atoms with Gasteiger partial charge in [0.15, 0.2) is 0 Å². The van der Waals surface area contributed by atoms with Gasteiger partial charge in [-0.1, -0.05) is 41.1 Å². The highest BCUT2D eigenvalue weighted by atomic mass is 79.9. The van der Waals surface area contributed by atoms with Crippen molar-refractivity contribution in [3.8, 4) is 0 Å². The fourth-order valence-corrected chi connectivity index (χ4v) is 2.67. The van der Waals surface area contributed by atoms with Crippen LogP contribution >= 0.6 is 15.9 Å². The van der Waals surface area contributed by atoms with Crippen LogP contribution in [0.25, 0.3) is 0 Å². The van der Waals surface area contributed by atoms with Crippen molar-refractivity contribution in [1.29, 1.82) is 0 Å². The summed E-state index contributed by atoms with van der Waals surface area (Å²) in [5.41, 5.74) is 2.14. The summed E-state index contributed by atoms with van der Waals surface area (Å²) in [4.78, 5) is 0. The summed E-state index contributed by atoms with van der Waals surface area (Å²) < 4.78 is 37.8. The molecule has 0 saturated heterocycles. The number of hydrogen-bond acceptors (Lipinski definition) is 1. The summed E-state index contributed by atoms with van der Waals surface area (Å²) in [5.74, 6) is 0. The highest BCUT2D eigenvalue weighted by Gasteiger charge is 2.27. The average Bonchev–Trinajstić information content (AvgIpc) is 2.36. The van der Waals surface area contributed by atoms with Crippen molar-refractivity contribution in [2.75, 3.05) is 6.54 Å². The number of nitrogens with one attached hydrogen (secondary N) is 1. The summed E-state index contributed by atoms with van der Waals surface area (Å²) in [7, 11) is 0. The van der Waals surface area contributed by atoms with Crippen molar-refractivity contribution in [3.05, 3.63) is 33.8 Å². The van der Waals surface area contributed by atoms with Crippen LogP contribution in [-0.2, 0) is 0 Å². The fourth-order valence-electron chi connectivity index (χ4n) is 2.13. The first-order valence-electron chi connectivity index (χ1n) is 6.90. The smallest absolute Gasteiger partial charge is 0.310 e. The van der Waals surface area contributed by atoms with Crippen LogP contribution in [0.5, 0.6) is 0 Å². The van der Waals surface area contributed by atoms with Crippen LogP contribution in [0.15, 0.2) is 22.7 Å². The minimum Gasteiger partial charge on any atom is -0.310 e. The van der Waals surface area contributed by atoms with E-state index in [1.807, 2.05) is 32.0 Å². The molecular weight excluding hydrogens is 331 g/mol. The Labute approximate surface area is 127 Å². The van der Waals surface area contributed by atoms with E-state index in [-0.39, 0.29) is 12.5 Å². The summed E-state index contributed by atoms with van der Waals surface area (Å²) in [6.45, 7) is 4.84. The number of rotatable bonds is 7. The standard InChI is InChI=1S/C15H21BrF3N/c1-3-10-20-13(8-5-9-15(17,18)19)12-7-4-6-11(2)14(12)16/h4,6-7,13,20H,3,5,8-10H2,1-2H3. The van der Waals surface area contributed by atoms with E-state index in [4.69, 9.17) is 0 Å². The lowest BCUT2D eigenvalue weighted by Gasteiger charge is -2.21. The minimum atomic E-state index is -4.07. The van der Waals surface area contributed by atoms with Gasteiger partial charge in [0.25, 0.3) is 0 Å². The molecule has 0 aliphatic carbocycles. The maximum atomic E-state index is 12.3. The van der Waals surface area contributed by atoms with E-state index in [1.54, 1.807) is 0 Å². The first kappa shape index (κ1) is 17.5. The number of aryl methyl sites for hydroxylation is 1. The Morgan fingerprint density at radius 3 is 2.60 bits per heavy atom. The molecule has 1 atom stereocenters. The Morgan fingerprint density at radius 1 is 1.30 bits per heavy atom. The third-order valence-electron chi connectivity index (χ3n) is 3.19. The Hall–Kier alpha value is -0.550. The molecule has 0 saturated carbocycles. The predicted molar refractivity (Wildman–Crippen MR) is 79.8 cm³/mol. The van der Waals surface area contributed by atoms with E-state index in [9.17, 15) is 13.2 Å². The Balaban J connectivity index is 2.75. The monoisotopic (exact) mass is 351 g/mol. The van der Waals surface area contributed by atoms with Crippen LogP contribution in [0.1, 0.15) is 49.8 Å². The molecule has 1 aromatic rings. The molecule has 1 N–H and O–H groups in total. The lowest BCUT2D eigenvalue weighted by molar-refractivity contribution is -0.135. The SMILES string of the molecule is CCCNC(CCCC(F)(F)F)c1cccc(C)c1Br. The predicted octanol–water partition coefficient (Wildman–Crippen LogP) is 5.53. The van der Waals surface area contributed by atoms with Gasteiger partial charge >= 0.3 is 6.18 Å². The minimum absolute atomic E-state index is 0.0356. The molecule has 0 amide bonds. The number of halogens is 4. The molecule has 114 valence electrons. The van der Waals surface area contributed by atoms with Crippen LogP contribution < -0.4 is 5.32 Å². The van der Waals surface area contributed by atoms with Gasteiger partial charge in [0.05, 0.1) is 0 Å². The van der Waals surface area contributed by atoms with Crippen molar-refractivity contribution in [2.45, 2.75) is 51.7 Å². The van der Waals surface area contributed by atoms with Crippen LogP contribution in [0.4, 0.5) is 13.2 Å². The normalized spacial score (nSPS) is 13.5. The third kappa shape index (κ3) is 5.83. The van der Waals surface area contributed by atoms with Gasteiger partial charge < -0.3 is 5.32 Å². The van der Waals surface area contributed by atoms with E-state index in [2.05, 4.69) is 21.2 Å². The zero-order valence-electron chi connectivity index (χ0n) is 11.9. The average molecular weight is 352 g/mol. The Bertz CT molecular complexity index is 418. The highest BCUT2D eigenvalue weighted by molar-refractivity contribution is 9.10. The van der Waals surface area contributed by atoms with Crippen molar-refractivity contribution in [1.82, 2.24) is 5.32 Å². The van der Waals surface area contributed by atoms with Gasteiger partial charge in [-0.15, -0.1) is 0 Å². The lowest BCUT2D eigenvalue weighted by atomic mass is 9.99. The molecule has 0 aliphatic heterocycles. The van der Waals surface area contributed by atoms with Gasteiger partial charge in [-0.2, -0.15) is 13.2 Å². The number of benzene rings is 1. The van der Waals surface area contributed by atoms with Crippen LogP contribution in [0, 0.1) is 6.92 Å². The molecule has 0 heterocycles. The largest absolute Gasteiger partial charge is 0.389 e. The maximum Gasteiger partial charge on any atom is 0.389 e. The van der Waals surface area contributed by atoms with E-state index in [1.165, 1.54) is 0 Å². The van der Waals surface area contributed by atoms with Crippen LogP contribution in [0.2, 0.25) is 0 Å². The molecule has 0 fully saturated rings. The fraction of sp³-hybridized carbons (Fsp3) is 0.600. The first-order chi connectivity index (χ1) is 9.35. The topological polar surface area (TPSA) is 12.0 Å². The van der Waals surface area contributed by atoms with Gasteiger partial charge in [0, 0.05) is 16.9 Å². The van der Waals surface area contributed by atoms with Crippen molar-refractivity contribution < 1.29 is 13.2 Å². The van der Waals surface area contributed by atoms with Crippen molar-refractivity contribution in [3.63, 3.8) is 0 Å². The van der Waals surface area contributed by atoms with Crippen molar-refractivity contribution >= 4 is 15.9 Å². The van der Waals surface area contributed by atoms with Crippen molar-refractivity contribution in [2.24, 2.45) is 0 Å². The van der Waals surface area contributed by atoms with Gasteiger partial charge in [0.2, 0.25) is 0 Å². The number of hydrogen-bond donors (Lipinski definition) is 1. The molecule has 20 heavy (non-hydrogen) atoms. The second kappa shape index (κ2) is 8.03. The van der Waals surface area contributed by atoms with Crippen LogP contribution in [-0.4, -0.2) is 12.7 Å². The molecule has 1 unspecified atom stereocenters. The molecule has 1 nitrogen and oxygen atoms in total. The van der Waals surface area contributed by atoms with E-state index >= 15 is 0 Å². The zero-order valence-corrected chi connectivity index (χ0v) is 13.4. The molecule has 1 rings (SSSR count). The Kier molecular flexibility index (Phi) is 7.03.